The van der Waals surface area contributed by atoms with Crippen LogP contribution in [-0.2, 0) is 22.3 Å². The summed E-state index contributed by atoms with van der Waals surface area (Å²) in [5.74, 6) is -0.474. The van der Waals surface area contributed by atoms with Gasteiger partial charge in [0.25, 0.3) is 0 Å². The van der Waals surface area contributed by atoms with Crippen molar-refractivity contribution in [2.24, 2.45) is 0 Å². The van der Waals surface area contributed by atoms with Gasteiger partial charge in [-0.25, -0.2) is 13.1 Å². The Bertz CT molecular complexity index is 557. The number of rotatable bonds is 7. The molecule has 120 valence electrons. The normalized spacial score (nSPS) is 12.9. The Morgan fingerprint density at radius 2 is 1.81 bits per heavy atom. The predicted octanol–water partition coefficient (Wildman–Crippen LogP) is 2.17. The van der Waals surface area contributed by atoms with Gasteiger partial charge < -0.3 is 5.32 Å². The lowest BCUT2D eigenvalue weighted by molar-refractivity contribution is -0.121. The predicted molar refractivity (Wildman–Crippen MR) is 75.1 cm³/mol. The van der Waals surface area contributed by atoms with E-state index in [0.717, 1.165) is 5.56 Å². The molecule has 21 heavy (non-hydrogen) atoms. The minimum absolute atomic E-state index is 0.283. The van der Waals surface area contributed by atoms with Crippen LogP contribution in [0.2, 0.25) is 0 Å². The molecule has 0 aromatic heterocycles. The van der Waals surface area contributed by atoms with E-state index in [-0.39, 0.29) is 6.04 Å². The summed E-state index contributed by atoms with van der Waals surface area (Å²) in [6.07, 6.45) is -4.56. The Kier molecular flexibility index (Phi) is 6.18. The van der Waals surface area contributed by atoms with Crippen LogP contribution in [-0.4, -0.2) is 27.2 Å². The molecule has 8 heteroatoms. The summed E-state index contributed by atoms with van der Waals surface area (Å²) in [5.41, 5.74) is 1.33. The van der Waals surface area contributed by atoms with Crippen molar-refractivity contribution >= 4 is 10.0 Å². The molecular formula is C13H19F3N2O2S. The minimum atomic E-state index is -4.56. The van der Waals surface area contributed by atoms with Gasteiger partial charge >= 0.3 is 6.18 Å². The first-order valence-corrected chi connectivity index (χ1v) is 8.08. The van der Waals surface area contributed by atoms with Crippen molar-refractivity contribution in [3.8, 4) is 0 Å². The smallest absolute Gasteiger partial charge is 0.310 e. The lowest BCUT2D eigenvalue weighted by Crippen LogP contribution is -2.34. The molecular weight excluding hydrogens is 305 g/mol. The number of sulfonamides is 1. The number of alkyl halides is 3. The molecule has 0 amide bonds. The maximum absolute atomic E-state index is 12.0. The Balaban J connectivity index is 2.67. The summed E-state index contributed by atoms with van der Waals surface area (Å²) in [4.78, 5) is 0. The van der Waals surface area contributed by atoms with Gasteiger partial charge in [0.05, 0.1) is 5.75 Å². The van der Waals surface area contributed by atoms with Crippen molar-refractivity contribution in [1.29, 1.82) is 0 Å². The lowest BCUT2D eigenvalue weighted by Gasteiger charge is -2.11. The van der Waals surface area contributed by atoms with Crippen LogP contribution in [0.4, 0.5) is 13.2 Å². The van der Waals surface area contributed by atoms with Crippen molar-refractivity contribution in [3.63, 3.8) is 0 Å². The largest absolute Gasteiger partial charge is 0.402 e. The van der Waals surface area contributed by atoms with Crippen LogP contribution in [0.15, 0.2) is 24.3 Å². The zero-order chi connectivity index (χ0) is 16.1. The SMILES string of the molecule is CC(C)NCc1cccc(CS(=O)(=O)NCC(F)(F)F)c1. The minimum Gasteiger partial charge on any atom is -0.310 e. The number of hydrogen-bond donors (Lipinski definition) is 2. The molecule has 1 aromatic rings. The molecule has 0 aliphatic rings. The number of hydrogen-bond acceptors (Lipinski definition) is 3. The van der Waals surface area contributed by atoms with Gasteiger partial charge in [0.1, 0.15) is 6.54 Å². The van der Waals surface area contributed by atoms with Gasteiger partial charge in [-0.2, -0.15) is 13.2 Å². The second-order valence-electron chi connectivity index (χ2n) is 5.05. The highest BCUT2D eigenvalue weighted by Gasteiger charge is 2.29. The summed E-state index contributed by atoms with van der Waals surface area (Å²) < 4.78 is 60.8. The van der Waals surface area contributed by atoms with Gasteiger partial charge in [0.2, 0.25) is 10.0 Å². The van der Waals surface area contributed by atoms with Crippen LogP contribution in [0.5, 0.6) is 0 Å². The van der Waals surface area contributed by atoms with Crippen molar-refractivity contribution in [2.75, 3.05) is 6.54 Å². The van der Waals surface area contributed by atoms with E-state index in [2.05, 4.69) is 5.32 Å². The van der Waals surface area contributed by atoms with Crippen LogP contribution in [0.3, 0.4) is 0 Å². The monoisotopic (exact) mass is 324 g/mol. The summed E-state index contributed by atoms with van der Waals surface area (Å²) in [6.45, 7) is 2.98. The van der Waals surface area contributed by atoms with Gasteiger partial charge in [-0.15, -0.1) is 0 Å². The standard InChI is InChI=1S/C13H19F3N2O2S/c1-10(2)17-7-11-4-3-5-12(6-11)8-21(19,20)18-9-13(14,15)16/h3-6,10,17-18H,7-9H2,1-2H3. The highest BCUT2D eigenvalue weighted by Crippen LogP contribution is 2.14. The summed E-state index contributed by atoms with van der Waals surface area (Å²) in [5, 5.41) is 3.18. The molecule has 1 aromatic carbocycles. The molecule has 0 bridgehead atoms. The quantitative estimate of drug-likeness (QED) is 0.808. The fraction of sp³-hybridized carbons (Fsp3) is 0.538. The number of nitrogens with one attached hydrogen (secondary N) is 2. The lowest BCUT2D eigenvalue weighted by atomic mass is 10.1. The third-order valence-corrected chi connectivity index (χ3v) is 3.85. The van der Waals surface area contributed by atoms with E-state index in [4.69, 9.17) is 0 Å². The fourth-order valence-electron chi connectivity index (χ4n) is 1.61. The summed E-state index contributed by atoms with van der Waals surface area (Å²) in [6, 6.07) is 7.04. The third kappa shape index (κ3) is 8.03. The Morgan fingerprint density at radius 1 is 1.19 bits per heavy atom. The molecule has 4 nitrogen and oxygen atoms in total. The van der Waals surface area contributed by atoms with Gasteiger partial charge in [-0.05, 0) is 11.1 Å². The molecule has 0 atom stereocenters. The number of halogens is 3. The molecule has 0 heterocycles. The number of benzene rings is 1. The molecule has 0 radical (unpaired) electrons. The van der Waals surface area contributed by atoms with Crippen LogP contribution >= 0.6 is 0 Å². The van der Waals surface area contributed by atoms with Crippen LogP contribution < -0.4 is 10.0 Å². The highest BCUT2D eigenvalue weighted by atomic mass is 32.2. The summed E-state index contributed by atoms with van der Waals surface area (Å²) >= 11 is 0. The molecule has 0 unspecified atom stereocenters. The van der Waals surface area contributed by atoms with E-state index < -0.39 is 28.5 Å². The topological polar surface area (TPSA) is 58.2 Å². The molecule has 0 aliphatic carbocycles. The maximum Gasteiger partial charge on any atom is 0.402 e. The second-order valence-corrected chi connectivity index (χ2v) is 6.86. The van der Waals surface area contributed by atoms with E-state index in [1.54, 1.807) is 22.9 Å². The van der Waals surface area contributed by atoms with Crippen LogP contribution in [0.1, 0.15) is 25.0 Å². The molecule has 0 aliphatic heterocycles. The van der Waals surface area contributed by atoms with Gasteiger partial charge in [0.15, 0.2) is 0 Å². The molecule has 0 fully saturated rings. The van der Waals surface area contributed by atoms with E-state index in [1.807, 2.05) is 19.9 Å². The van der Waals surface area contributed by atoms with E-state index in [1.165, 1.54) is 0 Å². The van der Waals surface area contributed by atoms with Crippen molar-refractivity contribution in [1.82, 2.24) is 10.0 Å². The van der Waals surface area contributed by atoms with Gasteiger partial charge in [0, 0.05) is 12.6 Å². The van der Waals surface area contributed by atoms with Gasteiger partial charge in [-0.3, -0.25) is 0 Å². The third-order valence-electron chi connectivity index (χ3n) is 2.56. The maximum atomic E-state index is 12.0. The Hall–Kier alpha value is -1.12. The first kappa shape index (κ1) is 17.9. The van der Waals surface area contributed by atoms with Crippen molar-refractivity contribution < 1.29 is 21.6 Å². The van der Waals surface area contributed by atoms with Gasteiger partial charge in [-0.1, -0.05) is 38.1 Å². The molecule has 1 rings (SSSR count). The highest BCUT2D eigenvalue weighted by molar-refractivity contribution is 7.88. The first-order valence-electron chi connectivity index (χ1n) is 6.43. The molecule has 0 saturated heterocycles. The van der Waals surface area contributed by atoms with Crippen molar-refractivity contribution in [2.45, 2.75) is 38.4 Å². The second kappa shape index (κ2) is 7.24. The van der Waals surface area contributed by atoms with E-state index in [0.29, 0.717) is 12.1 Å². The average Bonchev–Trinajstić information content (AvgIpc) is 2.33. The Labute approximate surface area is 122 Å². The van der Waals surface area contributed by atoms with Crippen molar-refractivity contribution in [3.05, 3.63) is 35.4 Å². The van der Waals surface area contributed by atoms with E-state index >= 15 is 0 Å². The molecule has 0 saturated carbocycles. The van der Waals surface area contributed by atoms with Crippen LogP contribution in [0.25, 0.3) is 0 Å². The zero-order valence-electron chi connectivity index (χ0n) is 11.9. The molecule has 0 spiro atoms. The summed E-state index contributed by atoms with van der Waals surface area (Å²) in [7, 11) is -4.01. The van der Waals surface area contributed by atoms with E-state index in [9.17, 15) is 21.6 Å². The molecule has 2 N–H and O–H groups in total. The Morgan fingerprint density at radius 3 is 2.38 bits per heavy atom. The zero-order valence-corrected chi connectivity index (χ0v) is 12.7. The van der Waals surface area contributed by atoms with Crippen LogP contribution in [0, 0.1) is 0 Å². The first-order chi connectivity index (χ1) is 9.57. The average molecular weight is 324 g/mol. The fourth-order valence-corrected chi connectivity index (χ4v) is 2.72.